The summed E-state index contributed by atoms with van der Waals surface area (Å²) in [4.78, 5) is 0. The lowest BCUT2D eigenvalue weighted by Gasteiger charge is -2.13. The van der Waals surface area contributed by atoms with E-state index in [0.717, 1.165) is 53.0 Å². The van der Waals surface area contributed by atoms with Crippen LogP contribution in [0.3, 0.4) is 0 Å². The fraction of sp³-hybridized carbons (Fsp3) is 0.364. The van der Waals surface area contributed by atoms with Gasteiger partial charge in [-0.2, -0.15) is 0 Å². The zero-order chi connectivity index (χ0) is 20.2. The maximum absolute atomic E-state index is 6.12. The summed E-state index contributed by atoms with van der Waals surface area (Å²) in [5, 5.41) is 10.9. The van der Waals surface area contributed by atoms with Crippen LogP contribution in [0.5, 0.6) is 5.75 Å². The summed E-state index contributed by atoms with van der Waals surface area (Å²) in [5.74, 6) is 2.55. The molecule has 1 saturated carbocycles. The molecule has 1 aliphatic rings. The Morgan fingerprint density at radius 1 is 1.03 bits per heavy atom. The largest absolute Gasteiger partial charge is 0.490 e. The molecular formula is C22H23Cl2N3OS. The molecule has 1 aliphatic carbocycles. The number of hydrogen-bond donors (Lipinski definition) is 0. The summed E-state index contributed by atoms with van der Waals surface area (Å²) in [6.07, 6.45) is 5.22. The second-order valence-corrected chi connectivity index (χ2v) is 8.89. The van der Waals surface area contributed by atoms with Crippen molar-refractivity contribution < 1.29 is 4.74 Å². The number of aromatic nitrogens is 3. The third kappa shape index (κ3) is 4.90. The lowest BCUT2D eigenvalue weighted by molar-refractivity contribution is 0.210. The number of benzene rings is 2. The van der Waals surface area contributed by atoms with Gasteiger partial charge in [0, 0.05) is 17.9 Å². The Labute approximate surface area is 185 Å². The van der Waals surface area contributed by atoms with Gasteiger partial charge in [0.2, 0.25) is 0 Å². The quantitative estimate of drug-likeness (QED) is 0.369. The number of hydrogen-bond acceptors (Lipinski definition) is 4. The molecule has 0 atom stereocenters. The molecule has 1 aromatic heterocycles. The van der Waals surface area contributed by atoms with Gasteiger partial charge in [-0.05, 0) is 74.6 Å². The first-order chi connectivity index (χ1) is 14.1. The van der Waals surface area contributed by atoms with E-state index in [9.17, 15) is 0 Å². The average Bonchev–Trinajstić information content (AvgIpc) is 3.39. The zero-order valence-electron chi connectivity index (χ0n) is 16.3. The van der Waals surface area contributed by atoms with Gasteiger partial charge in [0.15, 0.2) is 11.0 Å². The molecule has 0 saturated heterocycles. The Balaban J connectivity index is 1.46. The van der Waals surface area contributed by atoms with Gasteiger partial charge < -0.3 is 9.30 Å². The summed E-state index contributed by atoms with van der Waals surface area (Å²) in [7, 11) is 0. The van der Waals surface area contributed by atoms with Crippen LogP contribution in [0, 0.1) is 0 Å². The Kier molecular flexibility index (Phi) is 6.68. The summed E-state index contributed by atoms with van der Waals surface area (Å²) in [6, 6.07) is 13.9. The fourth-order valence-corrected chi connectivity index (χ4v) is 4.82. The molecule has 0 bridgehead atoms. The van der Waals surface area contributed by atoms with Crippen molar-refractivity contribution in [2.24, 2.45) is 0 Å². The lowest BCUT2D eigenvalue weighted by Crippen LogP contribution is -2.10. The van der Waals surface area contributed by atoms with E-state index < -0.39 is 0 Å². The van der Waals surface area contributed by atoms with E-state index in [1.807, 2.05) is 30.3 Å². The standard InChI is InChI=1S/C22H23Cl2N3OS/c1-2-27-21(16-8-10-18(11-9-16)28-17-5-3-4-6-17)25-26-22(27)29-14-15-7-12-19(23)20(24)13-15/h7-13,17H,2-6,14H2,1H3. The summed E-state index contributed by atoms with van der Waals surface area (Å²) >= 11 is 13.8. The number of nitrogens with zero attached hydrogens (tertiary/aromatic N) is 3. The monoisotopic (exact) mass is 447 g/mol. The SMILES string of the molecule is CCn1c(SCc2ccc(Cl)c(Cl)c2)nnc1-c1ccc(OC2CCCC2)cc1. The molecule has 3 aromatic rings. The van der Waals surface area contributed by atoms with Crippen molar-refractivity contribution in [3.05, 3.63) is 58.1 Å². The Morgan fingerprint density at radius 2 is 1.79 bits per heavy atom. The predicted molar refractivity (Wildman–Crippen MR) is 120 cm³/mol. The normalized spacial score (nSPS) is 14.4. The molecule has 29 heavy (non-hydrogen) atoms. The van der Waals surface area contributed by atoms with Crippen molar-refractivity contribution in [1.29, 1.82) is 0 Å². The van der Waals surface area contributed by atoms with E-state index in [1.165, 1.54) is 12.8 Å². The summed E-state index contributed by atoms with van der Waals surface area (Å²) in [6.45, 7) is 2.90. The van der Waals surface area contributed by atoms with Crippen molar-refractivity contribution in [3.63, 3.8) is 0 Å². The number of halogens is 2. The van der Waals surface area contributed by atoms with Gasteiger partial charge in [0.25, 0.3) is 0 Å². The van der Waals surface area contributed by atoms with Gasteiger partial charge in [0.1, 0.15) is 5.75 Å². The molecule has 152 valence electrons. The first kappa shape index (κ1) is 20.6. The molecule has 4 nitrogen and oxygen atoms in total. The fourth-order valence-electron chi connectivity index (χ4n) is 3.55. The molecule has 0 aliphatic heterocycles. The maximum atomic E-state index is 6.12. The summed E-state index contributed by atoms with van der Waals surface area (Å²) in [5.41, 5.74) is 2.14. The van der Waals surface area contributed by atoms with Crippen molar-refractivity contribution >= 4 is 35.0 Å². The van der Waals surface area contributed by atoms with Crippen LogP contribution >= 0.6 is 35.0 Å². The number of thioether (sulfide) groups is 1. The lowest BCUT2D eigenvalue weighted by atomic mass is 10.2. The van der Waals surface area contributed by atoms with E-state index in [1.54, 1.807) is 11.8 Å². The van der Waals surface area contributed by atoms with Gasteiger partial charge in [-0.3, -0.25) is 0 Å². The minimum Gasteiger partial charge on any atom is -0.490 e. The van der Waals surface area contributed by atoms with Crippen LogP contribution in [0.4, 0.5) is 0 Å². The van der Waals surface area contributed by atoms with Crippen molar-refractivity contribution in [3.8, 4) is 17.1 Å². The van der Waals surface area contributed by atoms with Crippen molar-refractivity contribution in [1.82, 2.24) is 14.8 Å². The molecule has 0 N–H and O–H groups in total. The molecule has 4 rings (SSSR count). The third-order valence-electron chi connectivity index (χ3n) is 5.10. The molecule has 1 fully saturated rings. The zero-order valence-corrected chi connectivity index (χ0v) is 18.6. The minimum absolute atomic E-state index is 0.365. The Hall–Kier alpha value is -1.69. The minimum atomic E-state index is 0.365. The molecule has 2 aromatic carbocycles. The third-order valence-corrected chi connectivity index (χ3v) is 6.88. The average molecular weight is 448 g/mol. The van der Waals surface area contributed by atoms with E-state index in [2.05, 4.69) is 33.8 Å². The second-order valence-electron chi connectivity index (χ2n) is 7.14. The van der Waals surface area contributed by atoms with Crippen LogP contribution in [0.1, 0.15) is 38.2 Å². The van der Waals surface area contributed by atoms with Crippen LogP contribution in [-0.2, 0) is 12.3 Å². The van der Waals surface area contributed by atoms with Crippen LogP contribution < -0.4 is 4.74 Å². The van der Waals surface area contributed by atoms with E-state index >= 15 is 0 Å². The number of ether oxygens (including phenoxy) is 1. The summed E-state index contributed by atoms with van der Waals surface area (Å²) < 4.78 is 8.20. The van der Waals surface area contributed by atoms with Crippen LogP contribution in [0.2, 0.25) is 10.0 Å². The molecule has 0 amide bonds. The van der Waals surface area contributed by atoms with E-state index in [0.29, 0.717) is 16.1 Å². The maximum Gasteiger partial charge on any atom is 0.191 e. The van der Waals surface area contributed by atoms with Gasteiger partial charge in [0.05, 0.1) is 16.1 Å². The highest BCUT2D eigenvalue weighted by atomic mass is 35.5. The van der Waals surface area contributed by atoms with Crippen LogP contribution in [-0.4, -0.2) is 20.9 Å². The van der Waals surface area contributed by atoms with Gasteiger partial charge in [-0.25, -0.2) is 0 Å². The van der Waals surface area contributed by atoms with Crippen molar-refractivity contribution in [2.45, 2.75) is 56.2 Å². The van der Waals surface area contributed by atoms with Crippen LogP contribution in [0.25, 0.3) is 11.4 Å². The van der Waals surface area contributed by atoms with E-state index in [4.69, 9.17) is 27.9 Å². The molecule has 7 heteroatoms. The predicted octanol–water partition coefficient (Wildman–Crippen LogP) is 6.89. The van der Waals surface area contributed by atoms with Gasteiger partial charge >= 0.3 is 0 Å². The first-order valence-electron chi connectivity index (χ1n) is 9.91. The molecule has 0 radical (unpaired) electrons. The highest BCUT2D eigenvalue weighted by Gasteiger charge is 2.17. The highest BCUT2D eigenvalue weighted by molar-refractivity contribution is 7.98. The smallest absolute Gasteiger partial charge is 0.191 e. The molecule has 1 heterocycles. The highest BCUT2D eigenvalue weighted by Crippen LogP contribution is 2.30. The second kappa shape index (κ2) is 9.41. The molecule has 0 spiro atoms. The first-order valence-corrected chi connectivity index (χ1v) is 11.6. The Morgan fingerprint density at radius 3 is 2.48 bits per heavy atom. The number of rotatable bonds is 7. The van der Waals surface area contributed by atoms with Crippen LogP contribution in [0.15, 0.2) is 47.6 Å². The van der Waals surface area contributed by atoms with Gasteiger partial charge in [-0.1, -0.05) is 41.0 Å². The van der Waals surface area contributed by atoms with E-state index in [-0.39, 0.29) is 0 Å². The molecular weight excluding hydrogens is 425 g/mol. The topological polar surface area (TPSA) is 39.9 Å². The Bertz CT molecular complexity index is 969. The molecule has 0 unspecified atom stereocenters. The van der Waals surface area contributed by atoms with Gasteiger partial charge in [-0.15, -0.1) is 10.2 Å². The van der Waals surface area contributed by atoms with Crippen molar-refractivity contribution in [2.75, 3.05) is 0 Å².